The van der Waals surface area contributed by atoms with Gasteiger partial charge >= 0.3 is 6.18 Å². The van der Waals surface area contributed by atoms with Crippen LogP contribution in [0, 0.1) is 12.8 Å². The Morgan fingerprint density at radius 3 is 2.66 bits per heavy atom. The minimum absolute atomic E-state index is 0.0762. The van der Waals surface area contributed by atoms with Crippen molar-refractivity contribution in [3.8, 4) is 11.3 Å². The molecule has 4 heterocycles. The Hall–Kier alpha value is -3.69. The highest BCUT2D eigenvalue weighted by molar-refractivity contribution is 5.94. The molecule has 3 aromatic heterocycles. The van der Waals surface area contributed by atoms with Gasteiger partial charge in [-0.05, 0) is 30.9 Å². The summed E-state index contributed by atoms with van der Waals surface area (Å²) in [5.74, 6) is -0.607. The number of rotatable bonds is 5. The Bertz CT molecular complexity index is 1390. The van der Waals surface area contributed by atoms with Gasteiger partial charge in [0.15, 0.2) is 0 Å². The quantitative estimate of drug-likeness (QED) is 0.454. The van der Waals surface area contributed by atoms with Gasteiger partial charge < -0.3 is 9.88 Å². The Morgan fingerprint density at radius 2 is 1.94 bits per heavy atom. The summed E-state index contributed by atoms with van der Waals surface area (Å²) < 4.78 is 42.8. The predicted molar refractivity (Wildman–Crippen MR) is 124 cm³/mol. The smallest absolute Gasteiger partial charge is 0.347 e. The molecule has 10 heteroatoms. The summed E-state index contributed by atoms with van der Waals surface area (Å²) in [5.41, 5.74) is 4.46. The third kappa shape index (κ3) is 4.52. The predicted octanol–water partition coefficient (Wildman–Crippen LogP) is 4.52. The number of alkyl halides is 3. The zero-order valence-corrected chi connectivity index (χ0v) is 19.4. The number of aryl methyl sites for hydroxylation is 3. The second kappa shape index (κ2) is 8.83. The largest absolute Gasteiger partial charge is 0.392 e. The van der Waals surface area contributed by atoms with Crippen molar-refractivity contribution in [3.63, 3.8) is 0 Å². The molecule has 0 aliphatic carbocycles. The molecular formula is C25H25F3N6O. The maximum atomic E-state index is 13.1. The van der Waals surface area contributed by atoms with E-state index in [4.69, 9.17) is 0 Å². The molecule has 0 saturated heterocycles. The molecule has 1 atom stereocenters. The fourth-order valence-corrected chi connectivity index (χ4v) is 4.47. The lowest BCUT2D eigenvalue weighted by molar-refractivity contribution is -0.179. The number of hydrogen-bond acceptors (Lipinski definition) is 4. The summed E-state index contributed by atoms with van der Waals surface area (Å²) >= 11 is 0. The topological polar surface area (TPSA) is 77.1 Å². The van der Waals surface area contributed by atoms with Gasteiger partial charge in [0.2, 0.25) is 5.78 Å². The van der Waals surface area contributed by atoms with E-state index in [1.807, 2.05) is 55.1 Å². The summed E-state index contributed by atoms with van der Waals surface area (Å²) in [6.45, 7) is 4.49. The molecule has 5 rings (SSSR count). The van der Waals surface area contributed by atoms with E-state index in [1.54, 1.807) is 10.6 Å². The van der Waals surface area contributed by atoms with Crippen LogP contribution in [0.2, 0.25) is 0 Å². The highest BCUT2D eigenvalue weighted by Gasteiger charge is 2.41. The number of benzene rings is 1. The van der Waals surface area contributed by atoms with E-state index in [1.165, 1.54) is 0 Å². The van der Waals surface area contributed by atoms with Crippen LogP contribution < -0.4 is 5.32 Å². The highest BCUT2D eigenvalue weighted by atomic mass is 19.4. The van der Waals surface area contributed by atoms with E-state index in [2.05, 4.69) is 20.3 Å². The first-order chi connectivity index (χ1) is 16.7. The molecule has 0 bridgehead atoms. The minimum Gasteiger partial charge on any atom is -0.347 e. The third-order valence-electron chi connectivity index (χ3n) is 6.40. The zero-order chi connectivity index (χ0) is 24.7. The van der Waals surface area contributed by atoms with E-state index >= 15 is 0 Å². The Labute approximate surface area is 200 Å². The summed E-state index contributed by atoms with van der Waals surface area (Å²) in [6.07, 6.45) is 1.78. The molecule has 4 aromatic rings. The van der Waals surface area contributed by atoms with Gasteiger partial charge in [0.1, 0.15) is 11.5 Å². The number of aromatic nitrogens is 5. The molecular weight excluding hydrogens is 457 g/mol. The molecule has 1 N–H and O–H groups in total. The van der Waals surface area contributed by atoms with Gasteiger partial charge in [0, 0.05) is 43.7 Å². The molecule has 1 aliphatic rings. The van der Waals surface area contributed by atoms with Gasteiger partial charge in [-0.3, -0.25) is 9.20 Å². The van der Waals surface area contributed by atoms with Gasteiger partial charge in [-0.15, -0.1) is 0 Å². The van der Waals surface area contributed by atoms with Crippen LogP contribution in [0.25, 0.3) is 17.0 Å². The van der Waals surface area contributed by atoms with Crippen molar-refractivity contribution in [1.82, 2.24) is 29.2 Å². The summed E-state index contributed by atoms with van der Waals surface area (Å²) in [5, 5.41) is 2.95. The first-order valence-electron chi connectivity index (χ1n) is 11.6. The second-order valence-electron chi connectivity index (χ2n) is 8.91. The van der Waals surface area contributed by atoms with Crippen LogP contribution in [0.15, 0.2) is 42.9 Å². The van der Waals surface area contributed by atoms with Gasteiger partial charge in [0.05, 0.1) is 17.3 Å². The number of carbonyl (C=O) groups is 1. The van der Waals surface area contributed by atoms with Crippen LogP contribution in [-0.4, -0.2) is 36.0 Å². The normalized spacial score (nSPS) is 15.9. The Kier molecular flexibility index (Phi) is 5.82. The summed E-state index contributed by atoms with van der Waals surface area (Å²) in [6, 6.07) is 7.51. The maximum absolute atomic E-state index is 13.1. The van der Waals surface area contributed by atoms with Gasteiger partial charge in [-0.2, -0.15) is 13.2 Å². The minimum atomic E-state index is -4.19. The maximum Gasteiger partial charge on any atom is 0.392 e. The zero-order valence-electron chi connectivity index (χ0n) is 19.4. The van der Waals surface area contributed by atoms with Crippen molar-refractivity contribution in [2.75, 3.05) is 0 Å². The molecule has 0 spiro atoms. The van der Waals surface area contributed by atoms with Crippen LogP contribution in [-0.2, 0) is 25.9 Å². The van der Waals surface area contributed by atoms with E-state index in [-0.39, 0.29) is 18.7 Å². The van der Waals surface area contributed by atoms with Gasteiger partial charge in [-0.25, -0.2) is 15.0 Å². The number of halogens is 3. The van der Waals surface area contributed by atoms with E-state index in [0.29, 0.717) is 48.2 Å². The first-order valence-corrected chi connectivity index (χ1v) is 11.6. The number of fused-ring (bicyclic) bond motifs is 2. The van der Waals surface area contributed by atoms with Gasteiger partial charge in [0.25, 0.3) is 5.91 Å². The van der Waals surface area contributed by atoms with Crippen LogP contribution >= 0.6 is 0 Å². The average molecular weight is 483 g/mol. The van der Waals surface area contributed by atoms with Crippen LogP contribution in [0.5, 0.6) is 0 Å². The van der Waals surface area contributed by atoms with Crippen LogP contribution in [0.4, 0.5) is 13.2 Å². The monoisotopic (exact) mass is 482 g/mol. The number of hydrogen-bond donors (Lipinski definition) is 1. The van der Waals surface area contributed by atoms with Crippen LogP contribution in [0.3, 0.4) is 0 Å². The Balaban J connectivity index is 1.28. The number of nitrogens with one attached hydrogen (secondary N) is 1. The molecule has 0 radical (unpaired) electrons. The van der Waals surface area contributed by atoms with Crippen molar-refractivity contribution in [2.24, 2.45) is 5.92 Å². The lowest BCUT2D eigenvalue weighted by Gasteiger charge is -2.25. The molecule has 35 heavy (non-hydrogen) atoms. The van der Waals surface area contributed by atoms with Crippen molar-refractivity contribution < 1.29 is 18.0 Å². The summed E-state index contributed by atoms with van der Waals surface area (Å²) in [7, 11) is 0. The molecule has 7 nitrogen and oxygen atoms in total. The van der Waals surface area contributed by atoms with E-state index in [9.17, 15) is 18.0 Å². The fraction of sp³-hybridized carbons (Fsp3) is 0.360. The third-order valence-corrected chi connectivity index (χ3v) is 6.40. The van der Waals surface area contributed by atoms with Crippen molar-refractivity contribution in [3.05, 3.63) is 71.2 Å². The van der Waals surface area contributed by atoms with Crippen molar-refractivity contribution in [1.29, 1.82) is 0 Å². The number of nitrogens with zero attached hydrogens (tertiary/aromatic N) is 5. The second-order valence-corrected chi connectivity index (χ2v) is 8.91. The van der Waals surface area contributed by atoms with Crippen LogP contribution in [0.1, 0.15) is 46.5 Å². The average Bonchev–Trinajstić information content (AvgIpc) is 3.42. The fourth-order valence-electron chi connectivity index (χ4n) is 4.47. The lowest BCUT2D eigenvalue weighted by Crippen LogP contribution is -2.31. The number of amides is 1. The molecule has 1 unspecified atom stereocenters. The van der Waals surface area contributed by atoms with E-state index < -0.39 is 12.1 Å². The van der Waals surface area contributed by atoms with Crippen molar-refractivity contribution in [2.45, 2.75) is 52.4 Å². The molecule has 182 valence electrons. The van der Waals surface area contributed by atoms with E-state index in [0.717, 1.165) is 16.7 Å². The van der Waals surface area contributed by atoms with Gasteiger partial charge in [-0.1, -0.05) is 31.2 Å². The number of imidazole rings is 2. The lowest BCUT2D eigenvalue weighted by atomic mass is 9.97. The first kappa shape index (κ1) is 23.1. The summed E-state index contributed by atoms with van der Waals surface area (Å²) in [4.78, 5) is 26.2. The SMILES string of the molecule is CCc1nc2ncc(C)cn2c1C(=O)NCc1ccc(-c2cn3c(n2)CC(C(F)(F)F)CC3)cc1. The molecule has 1 amide bonds. The van der Waals surface area contributed by atoms with Crippen molar-refractivity contribution >= 4 is 11.7 Å². The molecule has 1 aromatic carbocycles. The molecule has 1 aliphatic heterocycles. The molecule has 0 saturated carbocycles. The standard InChI is InChI=1S/C25H25F3N6O/c1-3-19-22(34-13-15(2)11-30-24(34)32-19)23(35)29-12-16-4-6-17(7-5-16)20-14-33-9-8-18(25(26,27)28)10-21(33)31-20/h4-7,11,13-14,18H,3,8-10,12H2,1-2H3,(H,29,35). The highest BCUT2D eigenvalue weighted by Crippen LogP contribution is 2.35. The Morgan fingerprint density at radius 1 is 1.17 bits per heavy atom. The molecule has 0 fully saturated rings. The number of carbonyl (C=O) groups excluding carboxylic acids is 1.